The molecule has 0 bridgehead atoms. The van der Waals surface area contributed by atoms with Gasteiger partial charge in [-0.1, -0.05) is 6.07 Å². The molecule has 0 saturated carbocycles. The summed E-state index contributed by atoms with van der Waals surface area (Å²) < 4.78 is 0. The Labute approximate surface area is 131 Å². The molecule has 1 aromatic rings. The Bertz CT molecular complexity index is 471. The molecule has 0 fully saturated rings. The summed E-state index contributed by atoms with van der Waals surface area (Å²) in [6, 6.07) is 5.54. The molecule has 0 aliphatic rings. The summed E-state index contributed by atoms with van der Waals surface area (Å²) >= 11 is 4.85. The minimum atomic E-state index is 0. The van der Waals surface area contributed by atoms with E-state index in [1.807, 2.05) is 25.1 Å². The average molecular weight is 329 g/mol. The Kier molecular flexibility index (Phi) is 8.82. The van der Waals surface area contributed by atoms with E-state index in [9.17, 15) is 0 Å². The van der Waals surface area contributed by atoms with Crippen molar-refractivity contribution >= 4 is 35.0 Å². The van der Waals surface area contributed by atoms with E-state index in [1.165, 1.54) is 0 Å². The third-order valence-electron chi connectivity index (χ3n) is 2.03. The van der Waals surface area contributed by atoms with Gasteiger partial charge in [-0.25, -0.2) is 4.98 Å². The maximum atomic E-state index is 4.85. The van der Waals surface area contributed by atoms with E-state index in [0.29, 0.717) is 22.4 Å². The molecule has 0 spiro atoms. The number of amidine groups is 1. The maximum Gasteiger partial charge on any atom is 0.146 e. The monoisotopic (exact) mass is 327 g/mol. The van der Waals surface area contributed by atoms with Gasteiger partial charge in [-0.2, -0.15) is 15.3 Å². The number of nitrogens with zero attached hydrogens (tertiary/aromatic N) is 4. The zero-order valence-corrected chi connectivity index (χ0v) is 15.0. The predicted molar refractivity (Wildman–Crippen MR) is 77.9 cm³/mol. The van der Waals surface area contributed by atoms with Gasteiger partial charge >= 0.3 is 0 Å². The summed E-state index contributed by atoms with van der Waals surface area (Å²) in [6.45, 7) is 3.63. The zero-order chi connectivity index (χ0) is 13.4. The van der Waals surface area contributed by atoms with Crippen LogP contribution in [0.1, 0.15) is 13.8 Å². The smallest absolute Gasteiger partial charge is 0.146 e. The molecule has 1 heterocycles. The van der Waals surface area contributed by atoms with Gasteiger partial charge in [0.25, 0.3) is 0 Å². The van der Waals surface area contributed by atoms with Crippen LogP contribution in [-0.4, -0.2) is 28.6 Å². The summed E-state index contributed by atoms with van der Waals surface area (Å²) in [7, 11) is 1.69. The van der Waals surface area contributed by atoms with E-state index in [-0.39, 0.29) is 19.5 Å². The van der Waals surface area contributed by atoms with Gasteiger partial charge in [0.05, 0.1) is 11.4 Å². The van der Waals surface area contributed by atoms with Crippen molar-refractivity contribution in [3.63, 3.8) is 0 Å². The van der Waals surface area contributed by atoms with E-state index < -0.39 is 0 Å². The van der Waals surface area contributed by atoms with E-state index in [0.717, 1.165) is 0 Å². The molecule has 98 valence electrons. The molecule has 0 atom stereocenters. The Morgan fingerprint density at radius 2 is 1.95 bits per heavy atom. The number of pyridine rings is 1. The van der Waals surface area contributed by atoms with Crippen molar-refractivity contribution in [2.24, 2.45) is 15.3 Å². The second-order valence-electron chi connectivity index (χ2n) is 3.36. The molecule has 0 aliphatic heterocycles. The molecule has 0 amide bonds. The predicted octanol–water partition coefficient (Wildman–Crippen LogP) is 1.37. The molecule has 19 heavy (non-hydrogen) atoms. The number of anilines is 1. The first-order chi connectivity index (χ1) is 8.63. The fourth-order valence-corrected chi connectivity index (χ4v) is 0.935. The van der Waals surface area contributed by atoms with Crippen LogP contribution in [0.25, 0.3) is 0 Å². The van der Waals surface area contributed by atoms with Gasteiger partial charge < -0.3 is 17.9 Å². The van der Waals surface area contributed by atoms with Gasteiger partial charge in [0, 0.05) is 32.7 Å². The van der Waals surface area contributed by atoms with Gasteiger partial charge in [-0.05, 0) is 31.1 Å². The SMILES string of the molecule is CN/C([S-])=N/N=C(C)/C(C)=N/Nc1ccccn1.[Zn]. The molecular weight excluding hydrogens is 314 g/mol. The number of hydrogen-bond acceptors (Lipinski definition) is 6. The normalized spacial score (nSPS) is 12.7. The number of nitrogens with one attached hydrogen (secondary N) is 2. The number of aromatic nitrogens is 1. The topological polar surface area (TPSA) is 74.0 Å². The van der Waals surface area contributed by atoms with E-state index >= 15 is 0 Å². The van der Waals surface area contributed by atoms with Crippen LogP contribution < -0.4 is 10.7 Å². The molecule has 0 aliphatic carbocycles. The summed E-state index contributed by atoms with van der Waals surface area (Å²) in [6.07, 6.45) is 1.69. The van der Waals surface area contributed by atoms with Crippen molar-refractivity contribution in [1.29, 1.82) is 0 Å². The van der Waals surface area contributed by atoms with Crippen molar-refractivity contribution in [2.75, 3.05) is 12.5 Å². The van der Waals surface area contributed by atoms with E-state index in [1.54, 1.807) is 20.2 Å². The second kappa shape index (κ2) is 9.52. The van der Waals surface area contributed by atoms with E-state index in [2.05, 4.69) is 31.0 Å². The number of hydrazone groups is 1. The van der Waals surface area contributed by atoms with Crippen LogP contribution in [0.3, 0.4) is 0 Å². The minimum absolute atomic E-state index is 0. The van der Waals surface area contributed by atoms with Crippen LogP contribution in [0.15, 0.2) is 39.7 Å². The van der Waals surface area contributed by atoms with E-state index in [4.69, 9.17) is 12.6 Å². The van der Waals surface area contributed by atoms with Crippen LogP contribution >= 0.6 is 0 Å². The number of hydrogen-bond donors (Lipinski definition) is 2. The van der Waals surface area contributed by atoms with Crippen molar-refractivity contribution in [3.8, 4) is 0 Å². The summed E-state index contributed by atoms with van der Waals surface area (Å²) in [5.41, 5.74) is 4.22. The molecule has 1 rings (SSSR count). The minimum Gasteiger partial charge on any atom is -0.741 e. The Morgan fingerprint density at radius 1 is 1.21 bits per heavy atom. The number of rotatable bonds is 4. The quantitative estimate of drug-likeness (QED) is 0.288. The van der Waals surface area contributed by atoms with Gasteiger partial charge in [-0.3, -0.25) is 5.43 Å². The van der Waals surface area contributed by atoms with Gasteiger partial charge in [0.2, 0.25) is 0 Å². The van der Waals surface area contributed by atoms with Crippen LogP contribution in [0.2, 0.25) is 0 Å². The third kappa shape index (κ3) is 6.93. The fourth-order valence-electron chi connectivity index (χ4n) is 0.894. The Hall–Kier alpha value is -1.40. The maximum absolute atomic E-state index is 4.85. The Morgan fingerprint density at radius 3 is 2.53 bits per heavy atom. The van der Waals surface area contributed by atoms with Crippen molar-refractivity contribution in [3.05, 3.63) is 24.4 Å². The molecule has 0 radical (unpaired) electrons. The van der Waals surface area contributed by atoms with Crippen molar-refractivity contribution < 1.29 is 19.5 Å². The van der Waals surface area contributed by atoms with Crippen LogP contribution in [-0.2, 0) is 32.1 Å². The zero-order valence-electron chi connectivity index (χ0n) is 11.2. The molecule has 0 unspecified atom stereocenters. The molecule has 2 N–H and O–H groups in total. The Balaban J connectivity index is 0.00000324. The van der Waals surface area contributed by atoms with Gasteiger partial charge in [-0.15, -0.1) is 0 Å². The molecule has 8 heteroatoms. The summed E-state index contributed by atoms with van der Waals surface area (Å²) in [5, 5.41) is 14.9. The second-order valence-corrected chi connectivity index (χ2v) is 3.75. The molecule has 1 aromatic heterocycles. The molecule has 6 nitrogen and oxygen atoms in total. The molecule has 0 aromatic carbocycles. The first-order valence-electron chi connectivity index (χ1n) is 5.32. The average Bonchev–Trinajstić information content (AvgIpc) is 2.42. The third-order valence-corrected chi connectivity index (χ3v) is 2.32. The largest absolute Gasteiger partial charge is 0.741 e. The summed E-state index contributed by atoms with van der Waals surface area (Å²) in [4.78, 5) is 4.09. The van der Waals surface area contributed by atoms with Crippen LogP contribution in [0.4, 0.5) is 5.82 Å². The molecule has 0 saturated heterocycles. The van der Waals surface area contributed by atoms with Crippen LogP contribution in [0, 0.1) is 0 Å². The first-order valence-corrected chi connectivity index (χ1v) is 5.73. The van der Waals surface area contributed by atoms with Gasteiger partial charge in [0.1, 0.15) is 5.82 Å². The first kappa shape index (κ1) is 17.6. The molecular formula is C11H15N6SZn-. The van der Waals surface area contributed by atoms with Gasteiger partial charge in [0.15, 0.2) is 0 Å². The van der Waals surface area contributed by atoms with Crippen molar-refractivity contribution in [1.82, 2.24) is 10.3 Å². The van der Waals surface area contributed by atoms with Crippen LogP contribution in [0.5, 0.6) is 0 Å². The summed E-state index contributed by atoms with van der Waals surface area (Å²) in [5.74, 6) is 0.673. The van der Waals surface area contributed by atoms with Crippen molar-refractivity contribution in [2.45, 2.75) is 13.8 Å². The fraction of sp³-hybridized carbons (Fsp3) is 0.273. The standard InChI is InChI=1S/C11H16N6S.Zn/c1-8(9(2)15-17-11(18)12-3)14-16-10-6-4-5-7-13-10;/h4-7H,1-3H3,(H,13,16)(H2,12,17,18);/p-1/b14-8+,15-9+;.